The maximum Gasteiger partial charge on any atom is 0.338 e. The van der Waals surface area contributed by atoms with Crippen LogP contribution in [0.15, 0.2) is 57.7 Å². The monoisotopic (exact) mass is 388 g/mol. The van der Waals surface area contributed by atoms with E-state index >= 15 is 0 Å². The molecule has 1 heterocycles. The topological polar surface area (TPSA) is 81.4 Å². The summed E-state index contributed by atoms with van der Waals surface area (Å²) < 4.78 is 11.2. The van der Waals surface area contributed by atoms with Crippen molar-refractivity contribution >= 4 is 44.6 Å². The zero-order chi connectivity index (χ0) is 17.1. The van der Waals surface area contributed by atoms with Crippen LogP contribution < -0.4 is 5.32 Å². The van der Waals surface area contributed by atoms with Gasteiger partial charge in [-0.15, -0.1) is 0 Å². The lowest BCUT2D eigenvalue weighted by molar-refractivity contribution is -0.123. The molecule has 0 bridgehead atoms. The smallest absolute Gasteiger partial charge is 0.338 e. The van der Waals surface area contributed by atoms with Crippen molar-refractivity contribution < 1.29 is 18.7 Å². The number of carbonyl (C=O) groups is 2. The highest BCUT2D eigenvalue weighted by molar-refractivity contribution is 9.10. The maximum atomic E-state index is 12.2. The van der Waals surface area contributed by atoms with Crippen molar-refractivity contribution in [1.82, 2.24) is 4.98 Å². The van der Waals surface area contributed by atoms with Crippen molar-refractivity contribution in [3.8, 4) is 0 Å². The summed E-state index contributed by atoms with van der Waals surface area (Å²) in [5.74, 6) is -1.01. The average Bonchev–Trinajstić information content (AvgIpc) is 3.04. The highest BCUT2D eigenvalue weighted by atomic mass is 79.9. The molecule has 24 heavy (non-hydrogen) atoms. The Balaban J connectivity index is 1.64. The number of benzene rings is 2. The Morgan fingerprint density at radius 3 is 2.71 bits per heavy atom. The van der Waals surface area contributed by atoms with E-state index < -0.39 is 18.0 Å². The largest absolute Gasteiger partial charge is 0.449 e. The second-order valence-electron chi connectivity index (χ2n) is 5.08. The highest BCUT2D eigenvalue weighted by Gasteiger charge is 2.19. The number of esters is 1. The number of oxazole rings is 1. The number of nitrogens with zero attached hydrogens (tertiary/aromatic N) is 1. The summed E-state index contributed by atoms with van der Waals surface area (Å²) in [6.45, 7) is 1.51. The predicted molar refractivity (Wildman–Crippen MR) is 91.7 cm³/mol. The Morgan fingerprint density at radius 2 is 1.96 bits per heavy atom. The van der Waals surface area contributed by atoms with Gasteiger partial charge < -0.3 is 14.5 Å². The minimum atomic E-state index is -0.936. The van der Waals surface area contributed by atoms with Crippen LogP contribution in [0.2, 0.25) is 0 Å². The number of nitrogens with one attached hydrogen (secondary N) is 1. The lowest BCUT2D eigenvalue weighted by atomic mass is 10.2. The first-order valence-electron chi connectivity index (χ1n) is 7.13. The third-order valence-corrected chi connectivity index (χ3v) is 3.86. The highest BCUT2D eigenvalue weighted by Crippen LogP contribution is 2.17. The van der Waals surface area contributed by atoms with Gasteiger partial charge in [-0.2, -0.15) is 0 Å². The Hall–Kier alpha value is -2.67. The number of anilines is 1. The Kier molecular flexibility index (Phi) is 4.61. The third-order valence-electron chi connectivity index (χ3n) is 3.33. The summed E-state index contributed by atoms with van der Waals surface area (Å²) >= 11 is 3.32. The van der Waals surface area contributed by atoms with E-state index in [-0.39, 0.29) is 0 Å². The van der Waals surface area contributed by atoms with Crippen molar-refractivity contribution in [3.63, 3.8) is 0 Å². The number of carbonyl (C=O) groups excluding carboxylic acids is 2. The summed E-state index contributed by atoms with van der Waals surface area (Å²) in [7, 11) is 0. The van der Waals surface area contributed by atoms with Gasteiger partial charge in [0.2, 0.25) is 0 Å². The number of halogens is 1. The molecule has 7 heteroatoms. The van der Waals surface area contributed by atoms with E-state index in [9.17, 15) is 9.59 Å². The molecule has 0 saturated carbocycles. The molecule has 0 radical (unpaired) electrons. The molecule has 0 aliphatic rings. The molecule has 2 aromatic carbocycles. The van der Waals surface area contributed by atoms with Crippen LogP contribution in [-0.4, -0.2) is 23.0 Å². The summed E-state index contributed by atoms with van der Waals surface area (Å²) in [5.41, 5.74) is 2.05. The van der Waals surface area contributed by atoms with Gasteiger partial charge in [-0.05, 0) is 49.4 Å². The van der Waals surface area contributed by atoms with Gasteiger partial charge in [0, 0.05) is 10.2 Å². The number of aromatic nitrogens is 1. The molecule has 122 valence electrons. The van der Waals surface area contributed by atoms with Crippen LogP contribution in [0.1, 0.15) is 17.3 Å². The first-order valence-corrected chi connectivity index (χ1v) is 7.93. The molecule has 1 aromatic heterocycles. The lowest BCUT2D eigenvalue weighted by Crippen LogP contribution is -2.30. The first-order chi connectivity index (χ1) is 11.5. The first kappa shape index (κ1) is 16.2. The van der Waals surface area contributed by atoms with Gasteiger partial charge in [0.15, 0.2) is 18.1 Å². The molecule has 1 unspecified atom stereocenters. The van der Waals surface area contributed by atoms with E-state index in [1.54, 1.807) is 42.5 Å². The lowest BCUT2D eigenvalue weighted by Gasteiger charge is -2.13. The van der Waals surface area contributed by atoms with E-state index in [1.165, 1.54) is 13.3 Å². The SMILES string of the molecule is CC(OC(=O)c1ccc2ocnc2c1)C(=O)Nc1ccc(Br)cc1. The van der Waals surface area contributed by atoms with E-state index in [4.69, 9.17) is 9.15 Å². The van der Waals surface area contributed by atoms with Crippen LogP contribution >= 0.6 is 15.9 Å². The van der Waals surface area contributed by atoms with Crippen LogP contribution in [0.25, 0.3) is 11.1 Å². The summed E-state index contributed by atoms with van der Waals surface area (Å²) in [6.07, 6.45) is 0.364. The second kappa shape index (κ2) is 6.84. The molecule has 0 saturated heterocycles. The fourth-order valence-corrected chi connectivity index (χ4v) is 2.31. The van der Waals surface area contributed by atoms with Gasteiger partial charge in [0.25, 0.3) is 5.91 Å². The van der Waals surface area contributed by atoms with Crippen LogP contribution in [-0.2, 0) is 9.53 Å². The van der Waals surface area contributed by atoms with Gasteiger partial charge >= 0.3 is 5.97 Å². The molecular formula is C17H13BrN2O4. The van der Waals surface area contributed by atoms with Crippen LogP contribution in [0.5, 0.6) is 0 Å². The van der Waals surface area contributed by atoms with Crippen molar-refractivity contribution in [2.75, 3.05) is 5.32 Å². The summed E-state index contributed by atoms with van der Waals surface area (Å²) in [5, 5.41) is 2.69. The van der Waals surface area contributed by atoms with E-state index in [1.807, 2.05) is 0 Å². The minimum absolute atomic E-state index is 0.305. The summed E-state index contributed by atoms with van der Waals surface area (Å²) in [4.78, 5) is 28.2. The van der Waals surface area contributed by atoms with Crippen molar-refractivity contribution in [3.05, 3.63) is 58.9 Å². The number of hydrogen-bond acceptors (Lipinski definition) is 5. The number of rotatable bonds is 4. The standard InChI is InChI=1S/C17H13BrN2O4/c1-10(16(21)20-13-5-3-12(18)4-6-13)24-17(22)11-2-7-15-14(8-11)19-9-23-15/h2-10H,1H3,(H,20,21). The Bertz CT molecular complexity index is 889. The molecule has 0 spiro atoms. The molecule has 3 rings (SSSR count). The van der Waals surface area contributed by atoms with Gasteiger partial charge in [-0.3, -0.25) is 4.79 Å². The number of hydrogen-bond donors (Lipinski definition) is 1. The zero-order valence-electron chi connectivity index (χ0n) is 12.7. The molecule has 1 atom stereocenters. The normalized spacial score (nSPS) is 11.9. The summed E-state index contributed by atoms with van der Waals surface area (Å²) in [6, 6.07) is 11.9. The quantitative estimate of drug-likeness (QED) is 0.687. The van der Waals surface area contributed by atoms with Crippen LogP contribution in [0.3, 0.4) is 0 Å². The fourth-order valence-electron chi connectivity index (χ4n) is 2.04. The number of fused-ring (bicyclic) bond motifs is 1. The van der Waals surface area contributed by atoms with Gasteiger partial charge in [0.1, 0.15) is 5.52 Å². The van der Waals surface area contributed by atoms with Gasteiger partial charge in [-0.1, -0.05) is 15.9 Å². The second-order valence-corrected chi connectivity index (χ2v) is 5.99. The maximum absolute atomic E-state index is 12.2. The molecule has 0 fully saturated rings. The molecule has 0 aliphatic carbocycles. The molecule has 1 amide bonds. The Morgan fingerprint density at radius 1 is 1.21 bits per heavy atom. The van der Waals surface area contributed by atoms with Crippen LogP contribution in [0, 0.1) is 0 Å². The average molecular weight is 389 g/mol. The van der Waals surface area contributed by atoms with Crippen molar-refractivity contribution in [2.24, 2.45) is 0 Å². The molecular weight excluding hydrogens is 376 g/mol. The van der Waals surface area contributed by atoms with E-state index in [0.717, 1.165) is 4.47 Å². The number of ether oxygens (including phenoxy) is 1. The zero-order valence-corrected chi connectivity index (χ0v) is 14.2. The van der Waals surface area contributed by atoms with Crippen LogP contribution in [0.4, 0.5) is 5.69 Å². The Labute approximate surface area is 145 Å². The van der Waals surface area contributed by atoms with Crippen molar-refractivity contribution in [2.45, 2.75) is 13.0 Å². The van der Waals surface area contributed by atoms with Gasteiger partial charge in [0.05, 0.1) is 5.56 Å². The molecule has 0 aliphatic heterocycles. The van der Waals surface area contributed by atoms with E-state index in [2.05, 4.69) is 26.2 Å². The fraction of sp³-hybridized carbons (Fsp3) is 0.118. The van der Waals surface area contributed by atoms with Crippen molar-refractivity contribution in [1.29, 1.82) is 0 Å². The minimum Gasteiger partial charge on any atom is -0.449 e. The molecule has 3 aromatic rings. The van der Waals surface area contributed by atoms with E-state index in [0.29, 0.717) is 22.4 Å². The van der Waals surface area contributed by atoms with Gasteiger partial charge in [-0.25, -0.2) is 9.78 Å². The molecule has 6 nitrogen and oxygen atoms in total. The predicted octanol–water partition coefficient (Wildman–Crippen LogP) is 3.77. The molecule has 1 N–H and O–H groups in total. The third kappa shape index (κ3) is 3.62. The number of amides is 1.